The van der Waals surface area contributed by atoms with Crippen LogP contribution < -0.4 is 5.73 Å². The van der Waals surface area contributed by atoms with Crippen LogP contribution in [0, 0.1) is 17.3 Å². The second-order valence-corrected chi connectivity index (χ2v) is 7.37. The van der Waals surface area contributed by atoms with Gasteiger partial charge in [0.1, 0.15) is 0 Å². The van der Waals surface area contributed by atoms with Crippen molar-refractivity contribution >= 4 is 0 Å². The van der Waals surface area contributed by atoms with Gasteiger partial charge in [-0.1, -0.05) is 38.1 Å². The summed E-state index contributed by atoms with van der Waals surface area (Å²) in [6.07, 6.45) is 4.90. The number of nitrogens with two attached hydrogens (primary N) is 1. The van der Waals surface area contributed by atoms with Crippen molar-refractivity contribution in [1.82, 2.24) is 0 Å². The highest BCUT2D eigenvalue weighted by molar-refractivity contribution is 5.33. The van der Waals surface area contributed by atoms with Gasteiger partial charge in [-0.2, -0.15) is 0 Å². The van der Waals surface area contributed by atoms with Crippen molar-refractivity contribution in [3.05, 3.63) is 35.4 Å². The molecule has 2 aliphatic rings. The Balaban J connectivity index is 1.84. The molecule has 3 N–H and O–H groups in total. The molecular weight excluding hydrogens is 246 g/mol. The molecule has 2 aliphatic carbocycles. The van der Waals surface area contributed by atoms with Crippen LogP contribution in [0.3, 0.4) is 0 Å². The van der Waals surface area contributed by atoms with E-state index < -0.39 is 5.60 Å². The fourth-order valence-corrected chi connectivity index (χ4v) is 4.27. The molecule has 1 aromatic carbocycles. The molecule has 1 aromatic rings. The van der Waals surface area contributed by atoms with Gasteiger partial charge in [-0.3, -0.25) is 0 Å². The van der Waals surface area contributed by atoms with Crippen molar-refractivity contribution in [3.63, 3.8) is 0 Å². The summed E-state index contributed by atoms with van der Waals surface area (Å²) < 4.78 is 0. The lowest BCUT2D eigenvalue weighted by molar-refractivity contribution is -0.177. The van der Waals surface area contributed by atoms with Gasteiger partial charge in [-0.05, 0) is 55.1 Å². The first kappa shape index (κ1) is 14.1. The third-order valence-corrected chi connectivity index (χ3v) is 6.04. The summed E-state index contributed by atoms with van der Waals surface area (Å²) >= 11 is 0. The van der Waals surface area contributed by atoms with Gasteiger partial charge >= 0.3 is 0 Å². The summed E-state index contributed by atoms with van der Waals surface area (Å²) in [7, 11) is 0. The van der Waals surface area contributed by atoms with E-state index in [0.29, 0.717) is 18.4 Å². The van der Waals surface area contributed by atoms with Gasteiger partial charge in [-0.25, -0.2) is 0 Å². The molecule has 0 amide bonds. The molecule has 1 saturated carbocycles. The van der Waals surface area contributed by atoms with E-state index in [4.69, 9.17) is 5.73 Å². The molecule has 0 aromatic heterocycles. The third-order valence-electron chi connectivity index (χ3n) is 6.04. The van der Waals surface area contributed by atoms with E-state index in [0.717, 1.165) is 32.1 Å². The molecule has 0 saturated heterocycles. The first-order valence-corrected chi connectivity index (χ1v) is 7.99. The number of benzene rings is 1. The lowest BCUT2D eigenvalue weighted by Crippen LogP contribution is -2.62. The summed E-state index contributed by atoms with van der Waals surface area (Å²) in [4.78, 5) is 0. The molecule has 20 heavy (non-hydrogen) atoms. The van der Waals surface area contributed by atoms with Gasteiger partial charge in [0.15, 0.2) is 0 Å². The monoisotopic (exact) mass is 273 g/mol. The van der Waals surface area contributed by atoms with E-state index in [1.54, 1.807) is 0 Å². The Labute approximate surface area is 122 Å². The minimum Gasteiger partial charge on any atom is -0.389 e. The van der Waals surface area contributed by atoms with E-state index in [1.807, 2.05) is 0 Å². The number of aryl methyl sites for hydroxylation is 1. The Bertz CT molecular complexity index is 490. The summed E-state index contributed by atoms with van der Waals surface area (Å²) in [6.45, 7) is 5.12. The number of rotatable bonds is 3. The van der Waals surface area contributed by atoms with Crippen LogP contribution in [0.25, 0.3) is 0 Å². The molecular formula is C18H27NO. The van der Waals surface area contributed by atoms with Crippen molar-refractivity contribution in [2.24, 2.45) is 23.0 Å². The van der Waals surface area contributed by atoms with E-state index in [1.165, 1.54) is 11.1 Å². The average molecular weight is 273 g/mol. The van der Waals surface area contributed by atoms with Gasteiger partial charge in [0.05, 0.1) is 5.60 Å². The molecule has 0 spiro atoms. The van der Waals surface area contributed by atoms with Crippen LogP contribution in [0.5, 0.6) is 0 Å². The summed E-state index contributed by atoms with van der Waals surface area (Å²) in [6, 6.07) is 8.65. The zero-order chi connectivity index (χ0) is 14.4. The molecule has 0 bridgehead atoms. The van der Waals surface area contributed by atoms with Gasteiger partial charge in [-0.15, -0.1) is 0 Å². The molecule has 1 unspecified atom stereocenters. The van der Waals surface area contributed by atoms with Gasteiger partial charge in [0.25, 0.3) is 0 Å². The molecule has 2 nitrogen and oxygen atoms in total. The Morgan fingerprint density at radius 1 is 1.25 bits per heavy atom. The van der Waals surface area contributed by atoms with E-state index in [-0.39, 0.29) is 5.41 Å². The van der Waals surface area contributed by atoms with Crippen molar-refractivity contribution in [2.45, 2.75) is 51.6 Å². The average Bonchev–Trinajstić information content (AvgIpc) is 2.42. The lowest BCUT2D eigenvalue weighted by Gasteiger charge is -2.58. The molecule has 110 valence electrons. The number of hydrogen-bond donors (Lipinski definition) is 2. The highest BCUT2D eigenvalue weighted by Gasteiger charge is 2.57. The van der Waals surface area contributed by atoms with Crippen LogP contribution in [-0.4, -0.2) is 17.3 Å². The largest absolute Gasteiger partial charge is 0.389 e. The van der Waals surface area contributed by atoms with Crippen LogP contribution >= 0.6 is 0 Å². The van der Waals surface area contributed by atoms with E-state index in [2.05, 4.69) is 38.1 Å². The second kappa shape index (κ2) is 4.85. The predicted molar refractivity (Wildman–Crippen MR) is 82.5 cm³/mol. The Kier molecular flexibility index (Phi) is 3.42. The van der Waals surface area contributed by atoms with Crippen LogP contribution in [-0.2, 0) is 12.8 Å². The topological polar surface area (TPSA) is 46.2 Å². The van der Waals surface area contributed by atoms with Crippen LogP contribution in [0.2, 0.25) is 0 Å². The zero-order valence-corrected chi connectivity index (χ0v) is 12.7. The second-order valence-electron chi connectivity index (χ2n) is 7.37. The van der Waals surface area contributed by atoms with Crippen molar-refractivity contribution in [3.8, 4) is 0 Å². The summed E-state index contributed by atoms with van der Waals surface area (Å²) in [5.41, 5.74) is 8.35. The maximum atomic E-state index is 11.2. The summed E-state index contributed by atoms with van der Waals surface area (Å²) in [5, 5.41) is 11.2. The summed E-state index contributed by atoms with van der Waals surface area (Å²) in [5.74, 6) is 1.33. The standard InChI is InChI=1S/C18H27NO/c1-13(2)16-10-18(20,11-16)17(12-19)8-7-14-5-3-4-6-15(14)9-17/h3-6,13,16,20H,7-12,19H2,1-2H3. The van der Waals surface area contributed by atoms with Crippen molar-refractivity contribution in [1.29, 1.82) is 0 Å². The number of fused-ring (bicyclic) bond motifs is 1. The Morgan fingerprint density at radius 3 is 2.50 bits per heavy atom. The zero-order valence-electron chi connectivity index (χ0n) is 12.7. The molecule has 2 heteroatoms. The maximum Gasteiger partial charge on any atom is 0.0724 e. The van der Waals surface area contributed by atoms with Crippen molar-refractivity contribution in [2.75, 3.05) is 6.54 Å². The molecule has 1 atom stereocenters. The minimum atomic E-state index is -0.537. The molecule has 0 aliphatic heterocycles. The molecule has 3 rings (SSSR count). The van der Waals surface area contributed by atoms with E-state index >= 15 is 0 Å². The normalized spacial score (nSPS) is 36.5. The maximum absolute atomic E-state index is 11.2. The van der Waals surface area contributed by atoms with Crippen LogP contribution in [0.1, 0.15) is 44.2 Å². The molecule has 1 fully saturated rings. The minimum absolute atomic E-state index is 0.104. The smallest absolute Gasteiger partial charge is 0.0724 e. The molecule has 0 heterocycles. The lowest BCUT2D eigenvalue weighted by atomic mass is 9.50. The predicted octanol–water partition coefficient (Wildman–Crippen LogP) is 2.92. The van der Waals surface area contributed by atoms with Crippen molar-refractivity contribution < 1.29 is 5.11 Å². The van der Waals surface area contributed by atoms with Gasteiger partial charge < -0.3 is 10.8 Å². The SMILES string of the molecule is CC(C)C1CC(O)(C2(CN)CCc3ccccc3C2)C1. The van der Waals surface area contributed by atoms with Gasteiger partial charge in [0.2, 0.25) is 0 Å². The fraction of sp³-hybridized carbons (Fsp3) is 0.667. The quantitative estimate of drug-likeness (QED) is 0.889. The van der Waals surface area contributed by atoms with E-state index in [9.17, 15) is 5.11 Å². The highest BCUT2D eigenvalue weighted by atomic mass is 16.3. The first-order valence-electron chi connectivity index (χ1n) is 7.99. The number of hydrogen-bond acceptors (Lipinski definition) is 2. The Morgan fingerprint density at radius 2 is 1.90 bits per heavy atom. The molecule has 0 radical (unpaired) electrons. The number of aliphatic hydroxyl groups is 1. The highest BCUT2D eigenvalue weighted by Crippen LogP contribution is 2.56. The Hall–Kier alpha value is -0.860. The van der Waals surface area contributed by atoms with Gasteiger partial charge in [0, 0.05) is 12.0 Å². The third kappa shape index (κ3) is 2.01. The fourth-order valence-electron chi connectivity index (χ4n) is 4.27. The van der Waals surface area contributed by atoms with Crippen LogP contribution in [0.15, 0.2) is 24.3 Å². The first-order chi connectivity index (χ1) is 9.50. The van der Waals surface area contributed by atoms with Crippen LogP contribution in [0.4, 0.5) is 0 Å².